The molecule has 1 saturated heterocycles. The summed E-state index contributed by atoms with van der Waals surface area (Å²) < 4.78 is 0. The third kappa shape index (κ3) is 1.29. The Bertz CT molecular complexity index is 372. The summed E-state index contributed by atoms with van der Waals surface area (Å²) in [7, 11) is 0. The van der Waals surface area contributed by atoms with Gasteiger partial charge in [0.1, 0.15) is 0 Å². The first-order chi connectivity index (χ1) is 6.95. The lowest BCUT2D eigenvalue weighted by molar-refractivity contribution is 0.545. The van der Waals surface area contributed by atoms with E-state index in [9.17, 15) is 0 Å². The SMILES string of the molecule is C1=NC2CCSCC2c2ccccc21. The minimum Gasteiger partial charge on any atom is -0.289 e. The zero-order valence-electron chi connectivity index (χ0n) is 8.02. The minimum absolute atomic E-state index is 0.561. The number of rotatable bonds is 0. The fraction of sp³-hybridized carbons (Fsp3) is 0.417. The molecule has 0 saturated carbocycles. The van der Waals surface area contributed by atoms with E-state index in [-0.39, 0.29) is 0 Å². The van der Waals surface area contributed by atoms with Crippen molar-refractivity contribution in [1.29, 1.82) is 0 Å². The summed E-state index contributed by atoms with van der Waals surface area (Å²) in [6.45, 7) is 0. The smallest absolute Gasteiger partial charge is 0.0584 e. The van der Waals surface area contributed by atoms with Crippen LogP contribution in [0.15, 0.2) is 29.3 Å². The van der Waals surface area contributed by atoms with Crippen LogP contribution in [0.3, 0.4) is 0 Å². The second-order valence-corrected chi connectivity index (χ2v) is 5.09. The average molecular weight is 203 g/mol. The van der Waals surface area contributed by atoms with Crippen molar-refractivity contribution in [3.63, 3.8) is 0 Å². The number of nitrogens with zero attached hydrogens (tertiary/aromatic N) is 1. The molecule has 2 aliphatic heterocycles. The third-order valence-corrected chi connectivity index (χ3v) is 4.24. The van der Waals surface area contributed by atoms with Crippen LogP contribution in [-0.4, -0.2) is 23.8 Å². The molecular weight excluding hydrogens is 190 g/mol. The van der Waals surface area contributed by atoms with Crippen LogP contribution in [0.2, 0.25) is 0 Å². The molecule has 0 amide bonds. The van der Waals surface area contributed by atoms with Crippen LogP contribution < -0.4 is 0 Å². The Morgan fingerprint density at radius 3 is 3.21 bits per heavy atom. The van der Waals surface area contributed by atoms with Gasteiger partial charge in [-0.2, -0.15) is 11.8 Å². The van der Waals surface area contributed by atoms with Gasteiger partial charge in [-0.15, -0.1) is 0 Å². The van der Waals surface area contributed by atoms with Gasteiger partial charge in [0.2, 0.25) is 0 Å². The van der Waals surface area contributed by atoms with Gasteiger partial charge in [0.05, 0.1) is 6.04 Å². The van der Waals surface area contributed by atoms with Crippen LogP contribution in [0.5, 0.6) is 0 Å². The molecule has 2 heterocycles. The normalized spacial score (nSPS) is 29.4. The van der Waals surface area contributed by atoms with Crippen molar-refractivity contribution in [3.8, 4) is 0 Å². The van der Waals surface area contributed by atoms with E-state index >= 15 is 0 Å². The summed E-state index contributed by atoms with van der Waals surface area (Å²) in [6.07, 6.45) is 3.31. The predicted molar refractivity (Wildman–Crippen MR) is 62.5 cm³/mol. The Hall–Kier alpha value is -0.760. The van der Waals surface area contributed by atoms with Crippen LogP contribution in [-0.2, 0) is 0 Å². The number of thioether (sulfide) groups is 1. The Labute approximate surface area is 88.6 Å². The maximum absolute atomic E-state index is 4.65. The van der Waals surface area contributed by atoms with Gasteiger partial charge in [-0.1, -0.05) is 24.3 Å². The van der Waals surface area contributed by atoms with E-state index in [1.807, 2.05) is 0 Å². The highest BCUT2D eigenvalue weighted by atomic mass is 32.2. The number of aliphatic imine (C=N–C) groups is 1. The van der Waals surface area contributed by atoms with Crippen molar-refractivity contribution < 1.29 is 0 Å². The summed E-state index contributed by atoms with van der Waals surface area (Å²) >= 11 is 2.07. The van der Waals surface area contributed by atoms with E-state index in [4.69, 9.17) is 0 Å². The minimum atomic E-state index is 0.561. The van der Waals surface area contributed by atoms with Crippen molar-refractivity contribution in [1.82, 2.24) is 0 Å². The highest BCUT2D eigenvalue weighted by Gasteiger charge is 2.29. The van der Waals surface area contributed by atoms with Gasteiger partial charge in [-0.3, -0.25) is 4.99 Å². The topological polar surface area (TPSA) is 12.4 Å². The predicted octanol–water partition coefficient (Wildman–Crippen LogP) is 2.71. The molecule has 2 atom stereocenters. The van der Waals surface area contributed by atoms with Crippen LogP contribution >= 0.6 is 11.8 Å². The molecule has 2 unspecified atom stereocenters. The van der Waals surface area contributed by atoms with Crippen molar-refractivity contribution in [2.75, 3.05) is 11.5 Å². The molecule has 0 aliphatic carbocycles. The molecule has 0 radical (unpaired) electrons. The first-order valence-electron chi connectivity index (χ1n) is 5.15. The molecule has 14 heavy (non-hydrogen) atoms. The Morgan fingerprint density at radius 2 is 2.21 bits per heavy atom. The summed E-state index contributed by atoms with van der Waals surface area (Å²) in [5, 5.41) is 0. The zero-order chi connectivity index (χ0) is 9.38. The van der Waals surface area contributed by atoms with Crippen molar-refractivity contribution in [2.24, 2.45) is 4.99 Å². The van der Waals surface area contributed by atoms with Crippen LogP contribution in [0, 0.1) is 0 Å². The monoisotopic (exact) mass is 203 g/mol. The molecule has 1 nitrogen and oxygen atoms in total. The van der Waals surface area contributed by atoms with E-state index in [0.29, 0.717) is 12.0 Å². The van der Waals surface area contributed by atoms with Gasteiger partial charge in [0, 0.05) is 17.9 Å². The standard InChI is InChI=1S/C12H13NS/c1-2-4-10-9(3-1)7-13-12-5-6-14-8-11(10)12/h1-4,7,11-12H,5-6,8H2. The average Bonchev–Trinajstić information content (AvgIpc) is 2.29. The second kappa shape index (κ2) is 3.43. The summed E-state index contributed by atoms with van der Waals surface area (Å²) in [4.78, 5) is 4.65. The van der Waals surface area contributed by atoms with Gasteiger partial charge in [0.25, 0.3) is 0 Å². The Morgan fingerprint density at radius 1 is 1.29 bits per heavy atom. The largest absolute Gasteiger partial charge is 0.289 e. The maximum atomic E-state index is 4.65. The van der Waals surface area contributed by atoms with Crippen molar-refractivity contribution in [3.05, 3.63) is 35.4 Å². The second-order valence-electron chi connectivity index (χ2n) is 3.94. The molecular formula is C12H13NS. The van der Waals surface area contributed by atoms with Crippen LogP contribution in [0.25, 0.3) is 0 Å². The molecule has 1 fully saturated rings. The highest BCUT2D eigenvalue weighted by molar-refractivity contribution is 7.99. The number of hydrogen-bond acceptors (Lipinski definition) is 2. The van der Waals surface area contributed by atoms with Crippen LogP contribution in [0.4, 0.5) is 0 Å². The van der Waals surface area contributed by atoms with Crippen molar-refractivity contribution >= 4 is 18.0 Å². The lowest BCUT2D eigenvalue weighted by Crippen LogP contribution is -2.28. The number of benzene rings is 1. The van der Waals surface area contributed by atoms with E-state index < -0.39 is 0 Å². The Kier molecular flexibility index (Phi) is 2.09. The molecule has 0 spiro atoms. The molecule has 2 heteroatoms. The first kappa shape index (κ1) is 8.54. The van der Waals surface area contributed by atoms with E-state index in [1.54, 1.807) is 0 Å². The molecule has 1 aromatic rings. The molecule has 0 aromatic heterocycles. The maximum Gasteiger partial charge on any atom is 0.0584 e. The van der Waals surface area contributed by atoms with E-state index in [0.717, 1.165) is 0 Å². The lowest BCUT2D eigenvalue weighted by atomic mass is 9.86. The quantitative estimate of drug-likeness (QED) is 0.631. The molecule has 1 aromatic carbocycles. The van der Waals surface area contributed by atoms with Gasteiger partial charge >= 0.3 is 0 Å². The fourth-order valence-electron chi connectivity index (χ4n) is 2.34. The van der Waals surface area contributed by atoms with Crippen molar-refractivity contribution in [2.45, 2.75) is 18.4 Å². The van der Waals surface area contributed by atoms with Gasteiger partial charge < -0.3 is 0 Å². The molecule has 0 N–H and O–H groups in total. The van der Waals surface area contributed by atoms with Gasteiger partial charge in [-0.25, -0.2) is 0 Å². The third-order valence-electron chi connectivity index (χ3n) is 3.12. The fourth-order valence-corrected chi connectivity index (χ4v) is 3.57. The first-order valence-corrected chi connectivity index (χ1v) is 6.30. The lowest BCUT2D eigenvalue weighted by Gasteiger charge is -2.32. The highest BCUT2D eigenvalue weighted by Crippen LogP contribution is 2.36. The number of fused-ring (bicyclic) bond motifs is 3. The van der Waals surface area contributed by atoms with E-state index in [1.165, 1.54) is 29.1 Å². The molecule has 72 valence electrons. The van der Waals surface area contributed by atoms with Gasteiger partial charge in [0.15, 0.2) is 0 Å². The van der Waals surface area contributed by atoms with Crippen LogP contribution in [0.1, 0.15) is 23.5 Å². The summed E-state index contributed by atoms with van der Waals surface area (Å²) in [6, 6.07) is 9.25. The number of hydrogen-bond donors (Lipinski definition) is 0. The molecule has 3 rings (SSSR count). The summed E-state index contributed by atoms with van der Waals surface area (Å²) in [5.41, 5.74) is 2.84. The molecule has 2 aliphatic rings. The van der Waals surface area contributed by atoms with E-state index in [2.05, 4.69) is 47.2 Å². The van der Waals surface area contributed by atoms with Gasteiger partial charge in [-0.05, 0) is 23.3 Å². The zero-order valence-corrected chi connectivity index (χ0v) is 8.83. The summed E-state index contributed by atoms with van der Waals surface area (Å²) in [5.74, 6) is 3.20. The molecule has 0 bridgehead atoms. The Balaban J connectivity index is 2.05.